The lowest BCUT2D eigenvalue weighted by Gasteiger charge is -2.26. The van der Waals surface area contributed by atoms with Crippen LogP contribution in [0.3, 0.4) is 0 Å². The van der Waals surface area contributed by atoms with Crippen molar-refractivity contribution in [2.45, 2.75) is 43.9 Å². The number of nitrogens with two attached hydrogens (primary N) is 1. The number of fused-ring (bicyclic) bond motifs is 3. The van der Waals surface area contributed by atoms with Crippen molar-refractivity contribution < 1.29 is 4.74 Å². The number of hydrogen-bond donors (Lipinski definition) is 1. The van der Waals surface area contributed by atoms with Crippen LogP contribution >= 0.6 is 46.3 Å². The third-order valence-electron chi connectivity index (χ3n) is 4.67. The summed E-state index contributed by atoms with van der Waals surface area (Å²) in [7, 11) is 0. The summed E-state index contributed by atoms with van der Waals surface area (Å²) in [5.41, 5.74) is 8.65. The summed E-state index contributed by atoms with van der Waals surface area (Å²) in [5, 5.41) is 2.78. The van der Waals surface area contributed by atoms with Gasteiger partial charge >= 0.3 is 0 Å². The van der Waals surface area contributed by atoms with Gasteiger partial charge in [0, 0.05) is 17.1 Å². The molecule has 1 aromatic carbocycles. The van der Waals surface area contributed by atoms with Gasteiger partial charge in [-0.15, -0.1) is 11.3 Å². The van der Waals surface area contributed by atoms with Crippen molar-refractivity contribution in [3.8, 4) is 0 Å². The van der Waals surface area contributed by atoms with Crippen molar-refractivity contribution in [3.63, 3.8) is 0 Å². The Morgan fingerprint density at radius 1 is 1.30 bits per heavy atom. The van der Waals surface area contributed by atoms with Crippen molar-refractivity contribution in [2.24, 2.45) is 5.92 Å². The summed E-state index contributed by atoms with van der Waals surface area (Å²) < 4.78 is 5.98. The number of aromatic nitrogens is 2. The summed E-state index contributed by atoms with van der Waals surface area (Å²) in [6.45, 7) is 4.99. The van der Waals surface area contributed by atoms with Gasteiger partial charge in [0.05, 0.1) is 28.1 Å². The molecule has 8 heteroatoms. The van der Waals surface area contributed by atoms with Crippen LogP contribution in [-0.2, 0) is 23.5 Å². The molecule has 1 aliphatic rings. The van der Waals surface area contributed by atoms with E-state index in [0.717, 1.165) is 22.2 Å². The van der Waals surface area contributed by atoms with Crippen LogP contribution in [0.25, 0.3) is 10.2 Å². The van der Waals surface area contributed by atoms with E-state index >= 15 is 0 Å². The number of thiophene rings is 1. The van der Waals surface area contributed by atoms with Gasteiger partial charge in [-0.25, -0.2) is 9.97 Å². The van der Waals surface area contributed by atoms with E-state index < -0.39 is 0 Å². The van der Waals surface area contributed by atoms with E-state index in [2.05, 4.69) is 18.8 Å². The smallest absolute Gasteiger partial charge is 0.191 e. The number of nitrogen functional groups attached to an aromatic ring is 1. The van der Waals surface area contributed by atoms with Crippen molar-refractivity contribution in [1.29, 1.82) is 0 Å². The SMILES string of the molecule is CC(C)[C@@H]1Cc2c(sc3nc(SCc4ccc(Cl)c(Cl)c4)nc(N)c23)CO1. The number of nitrogens with zero attached hydrogens (tertiary/aromatic N) is 2. The molecule has 0 unspecified atom stereocenters. The third-order valence-corrected chi connectivity index (χ3v) is 7.43. The summed E-state index contributed by atoms with van der Waals surface area (Å²) >= 11 is 15.3. The van der Waals surface area contributed by atoms with Crippen LogP contribution in [0.1, 0.15) is 29.9 Å². The van der Waals surface area contributed by atoms with Crippen LogP contribution in [0.5, 0.6) is 0 Å². The third kappa shape index (κ3) is 3.91. The Morgan fingerprint density at radius 3 is 2.85 bits per heavy atom. The normalized spacial score (nSPS) is 16.9. The zero-order valence-electron chi connectivity index (χ0n) is 15.0. The molecule has 2 aromatic heterocycles. The molecular weight excluding hydrogens is 421 g/mol. The van der Waals surface area contributed by atoms with Crippen molar-refractivity contribution >= 4 is 62.3 Å². The highest BCUT2D eigenvalue weighted by molar-refractivity contribution is 7.98. The van der Waals surface area contributed by atoms with E-state index in [1.807, 2.05) is 12.1 Å². The van der Waals surface area contributed by atoms with E-state index in [-0.39, 0.29) is 6.10 Å². The van der Waals surface area contributed by atoms with E-state index in [4.69, 9.17) is 38.7 Å². The number of ether oxygens (including phenoxy) is 1. The molecule has 4 nitrogen and oxygen atoms in total. The second kappa shape index (κ2) is 7.76. The van der Waals surface area contributed by atoms with E-state index in [1.54, 1.807) is 17.4 Å². The summed E-state index contributed by atoms with van der Waals surface area (Å²) in [5.74, 6) is 1.72. The molecule has 0 radical (unpaired) electrons. The molecule has 3 aromatic rings. The highest BCUT2D eigenvalue weighted by Gasteiger charge is 2.27. The molecule has 0 aliphatic carbocycles. The Morgan fingerprint density at radius 2 is 2.11 bits per heavy atom. The maximum atomic E-state index is 6.32. The number of rotatable bonds is 4. The average molecular weight is 440 g/mol. The zero-order chi connectivity index (χ0) is 19.1. The molecular formula is C19H19Cl2N3OS2. The van der Waals surface area contributed by atoms with Crippen LogP contribution in [0.2, 0.25) is 10.0 Å². The molecule has 0 saturated carbocycles. The first-order valence-electron chi connectivity index (χ1n) is 8.68. The lowest BCUT2D eigenvalue weighted by atomic mass is 9.96. The van der Waals surface area contributed by atoms with E-state index in [1.165, 1.54) is 22.2 Å². The Balaban J connectivity index is 1.60. The first kappa shape index (κ1) is 19.3. The van der Waals surface area contributed by atoms with Gasteiger partial charge in [-0.2, -0.15) is 0 Å². The van der Waals surface area contributed by atoms with Gasteiger partial charge in [-0.05, 0) is 29.2 Å². The highest BCUT2D eigenvalue weighted by atomic mass is 35.5. The largest absolute Gasteiger partial charge is 0.383 e. The number of anilines is 1. The molecule has 142 valence electrons. The molecule has 27 heavy (non-hydrogen) atoms. The highest BCUT2D eigenvalue weighted by Crippen LogP contribution is 2.39. The fraction of sp³-hybridized carbons (Fsp3) is 0.368. The molecule has 1 aliphatic heterocycles. The average Bonchev–Trinajstić information content (AvgIpc) is 3.00. The monoisotopic (exact) mass is 439 g/mol. The quantitative estimate of drug-likeness (QED) is 0.400. The number of halogens is 2. The molecule has 4 rings (SSSR count). The lowest BCUT2D eigenvalue weighted by molar-refractivity contribution is 0.00203. The Bertz CT molecular complexity index is 1010. The molecule has 3 heterocycles. The van der Waals surface area contributed by atoms with Crippen molar-refractivity contribution in [2.75, 3.05) is 5.73 Å². The van der Waals surface area contributed by atoms with Crippen molar-refractivity contribution in [1.82, 2.24) is 9.97 Å². The minimum absolute atomic E-state index is 0.221. The minimum atomic E-state index is 0.221. The van der Waals surface area contributed by atoms with Gasteiger partial charge in [-0.3, -0.25) is 0 Å². The fourth-order valence-corrected chi connectivity index (χ4v) is 5.46. The second-order valence-electron chi connectivity index (χ2n) is 6.91. The number of thioether (sulfide) groups is 1. The Labute approximate surface area is 176 Å². The first-order valence-corrected chi connectivity index (χ1v) is 11.2. The van der Waals surface area contributed by atoms with Gasteiger partial charge in [0.15, 0.2) is 5.16 Å². The molecule has 0 saturated heterocycles. The van der Waals surface area contributed by atoms with Gasteiger partial charge < -0.3 is 10.5 Å². The predicted octanol–water partition coefficient (Wildman–Crippen LogP) is 5.97. The zero-order valence-corrected chi connectivity index (χ0v) is 18.1. The topological polar surface area (TPSA) is 61.0 Å². The predicted molar refractivity (Wildman–Crippen MR) is 115 cm³/mol. The second-order valence-corrected chi connectivity index (χ2v) is 9.75. The molecule has 1 atom stereocenters. The van der Waals surface area contributed by atoms with Gasteiger partial charge in [0.2, 0.25) is 0 Å². The maximum absolute atomic E-state index is 6.32. The minimum Gasteiger partial charge on any atom is -0.383 e. The maximum Gasteiger partial charge on any atom is 0.191 e. The molecule has 0 amide bonds. The molecule has 0 fully saturated rings. The summed E-state index contributed by atoms with van der Waals surface area (Å²) in [6, 6.07) is 5.62. The van der Waals surface area contributed by atoms with E-state index in [9.17, 15) is 0 Å². The van der Waals surface area contributed by atoms with Crippen LogP contribution in [0.15, 0.2) is 23.4 Å². The Hall–Kier alpha value is -1.05. The lowest BCUT2D eigenvalue weighted by Crippen LogP contribution is -2.26. The molecule has 2 N–H and O–H groups in total. The summed E-state index contributed by atoms with van der Waals surface area (Å²) in [4.78, 5) is 11.4. The molecule has 0 bridgehead atoms. The van der Waals surface area contributed by atoms with Gasteiger partial charge in [-0.1, -0.05) is 54.9 Å². The first-order chi connectivity index (χ1) is 12.9. The van der Waals surface area contributed by atoms with Crippen LogP contribution < -0.4 is 5.73 Å². The molecule has 0 spiro atoms. The number of hydrogen-bond acceptors (Lipinski definition) is 6. The van der Waals surface area contributed by atoms with Gasteiger partial charge in [0.25, 0.3) is 0 Å². The standard InChI is InChI=1S/C19H19Cl2N3OS2/c1-9(2)14-6-11-15(7-25-14)27-18-16(11)17(22)23-19(24-18)26-8-10-3-4-12(20)13(21)5-10/h3-5,9,14H,6-8H2,1-2H3,(H2,22,23,24)/t14-/m0/s1. The van der Waals surface area contributed by atoms with Gasteiger partial charge in [0.1, 0.15) is 10.6 Å². The fourth-order valence-electron chi connectivity index (χ4n) is 3.16. The van der Waals surface area contributed by atoms with Crippen LogP contribution in [0.4, 0.5) is 5.82 Å². The van der Waals surface area contributed by atoms with Crippen molar-refractivity contribution in [3.05, 3.63) is 44.2 Å². The summed E-state index contributed by atoms with van der Waals surface area (Å²) in [6.07, 6.45) is 1.09. The van der Waals surface area contributed by atoms with E-state index in [0.29, 0.717) is 39.3 Å². The van der Waals surface area contributed by atoms with Crippen LogP contribution in [-0.4, -0.2) is 16.1 Å². The number of benzene rings is 1. The van der Waals surface area contributed by atoms with Crippen LogP contribution in [0, 0.1) is 5.92 Å². The Kier molecular flexibility index (Phi) is 5.54.